The summed E-state index contributed by atoms with van der Waals surface area (Å²) < 4.78 is 16.1. The van der Waals surface area contributed by atoms with E-state index in [9.17, 15) is 19.6 Å². The third kappa shape index (κ3) is 6.19. The fourth-order valence-electron chi connectivity index (χ4n) is 3.69. The van der Waals surface area contributed by atoms with E-state index in [1.807, 2.05) is 6.92 Å². The Hall–Kier alpha value is -3.49. The number of thioether (sulfide) groups is 1. The van der Waals surface area contributed by atoms with Gasteiger partial charge >= 0.3 is 5.97 Å². The lowest BCUT2D eigenvalue weighted by Crippen LogP contribution is -2.44. The van der Waals surface area contributed by atoms with Crippen LogP contribution in [0.1, 0.15) is 18.4 Å². The summed E-state index contributed by atoms with van der Waals surface area (Å²) in [6.45, 7) is 2.42. The first kappa shape index (κ1) is 27.1. The molecule has 36 heavy (non-hydrogen) atoms. The van der Waals surface area contributed by atoms with Gasteiger partial charge in [-0.1, -0.05) is 17.8 Å². The van der Waals surface area contributed by atoms with E-state index < -0.39 is 23.7 Å². The molecule has 3 rings (SSSR count). The van der Waals surface area contributed by atoms with Crippen LogP contribution in [-0.4, -0.2) is 44.4 Å². The molecule has 1 heterocycles. The first-order valence-corrected chi connectivity index (χ1v) is 12.6. The van der Waals surface area contributed by atoms with Crippen molar-refractivity contribution in [1.29, 1.82) is 5.26 Å². The molecule has 11 heteroatoms. The van der Waals surface area contributed by atoms with E-state index in [0.717, 1.165) is 11.8 Å². The van der Waals surface area contributed by atoms with Gasteiger partial charge in [0.15, 0.2) is 0 Å². The fraction of sp³-hybridized carbons (Fsp3) is 0.280. The Morgan fingerprint density at radius 2 is 1.92 bits per heavy atom. The zero-order chi connectivity index (χ0) is 26.2. The molecular formula is C25H24BrN3O6S. The number of amides is 2. The molecular weight excluding hydrogens is 550 g/mol. The van der Waals surface area contributed by atoms with Crippen molar-refractivity contribution in [1.82, 2.24) is 5.32 Å². The second kappa shape index (κ2) is 12.5. The molecule has 2 atom stereocenters. The molecule has 0 aromatic heterocycles. The molecule has 188 valence electrons. The third-order valence-electron chi connectivity index (χ3n) is 5.32. The van der Waals surface area contributed by atoms with Gasteiger partial charge in [0.2, 0.25) is 11.8 Å². The Morgan fingerprint density at radius 1 is 1.19 bits per heavy atom. The molecule has 0 saturated carbocycles. The number of carbonyl (C=O) groups is 3. The molecule has 2 N–H and O–H groups in total. The van der Waals surface area contributed by atoms with Crippen LogP contribution in [0.15, 0.2) is 57.5 Å². The highest BCUT2D eigenvalue weighted by Gasteiger charge is 2.44. The first-order chi connectivity index (χ1) is 17.3. The van der Waals surface area contributed by atoms with Gasteiger partial charge in [0.05, 0.1) is 47.7 Å². The van der Waals surface area contributed by atoms with Crippen LogP contribution in [-0.2, 0) is 19.1 Å². The van der Waals surface area contributed by atoms with Gasteiger partial charge in [-0.05, 0) is 64.8 Å². The Kier molecular flexibility index (Phi) is 9.38. The van der Waals surface area contributed by atoms with Crippen LogP contribution in [0.5, 0.6) is 11.5 Å². The molecule has 2 aromatic rings. The summed E-state index contributed by atoms with van der Waals surface area (Å²) in [4.78, 5) is 38.1. The smallest absolute Gasteiger partial charge is 0.319 e. The van der Waals surface area contributed by atoms with E-state index in [0.29, 0.717) is 33.8 Å². The molecule has 0 fully saturated rings. The van der Waals surface area contributed by atoms with E-state index in [4.69, 9.17) is 14.2 Å². The van der Waals surface area contributed by atoms with Gasteiger partial charge in [-0.2, -0.15) is 5.26 Å². The maximum atomic E-state index is 13.0. The average molecular weight is 574 g/mol. The van der Waals surface area contributed by atoms with Crippen LogP contribution in [0.25, 0.3) is 0 Å². The van der Waals surface area contributed by atoms with Gasteiger partial charge in [0.1, 0.15) is 17.4 Å². The van der Waals surface area contributed by atoms with Crippen molar-refractivity contribution in [3.05, 3.63) is 63.1 Å². The summed E-state index contributed by atoms with van der Waals surface area (Å²) in [6.07, 6.45) is 0. The predicted octanol–water partition coefficient (Wildman–Crippen LogP) is 3.97. The van der Waals surface area contributed by atoms with Crippen LogP contribution in [0.3, 0.4) is 0 Å². The number of ether oxygens (including phenoxy) is 3. The van der Waals surface area contributed by atoms with Crippen LogP contribution >= 0.6 is 27.7 Å². The van der Waals surface area contributed by atoms with Gasteiger partial charge in [0, 0.05) is 11.6 Å². The Labute approximate surface area is 221 Å². The molecule has 2 amide bonds. The number of nitriles is 1. The minimum absolute atomic E-state index is 0.0735. The number of halogens is 1. The largest absolute Gasteiger partial charge is 0.496 e. The summed E-state index contributed by atoms with van der Waals surface area (Å²) in [5, 5.41) is 15.6. The highest BCUT2D eigenvalue weighted by molar-refractivity contribution is 9.10. The Bertz CT molecular complexity index is 1230. The number of nitrogens with one attached hydrogen (secondary N) is 2. The average Bonchev–Trinajstić information content (AvgIpc) is 2.87. The predicted molar refractivity (Wildman–Crippen MR) is 138 cm³/mol. The summed E-state index contributed by atoms with van der Waals surface area (Å²) in [5.41, 5.74) is 1.28. The van der Waals surface area contributed by atoms with E-state index in [1.165, 1.54) is 14.2 Å². The number of rotatable bonds is 9. The van der Waals surface area contributed by atoms with Crippen LogP contribution < -0.4 is 20.1 Å². The maximum Gasteiger partial charge on any atom is 0.319 e. The number of hydrogen-bond acceptors (Lipinski definition) is 8. The SMILES string of the molecule is CCOc1ccc(NC(=O)CSC2=C(C#N)[C@@H](c3ccc(OC)c(Br)c3)[C@H](C(=O)OC)C(=O)N2)cc1. The summed E-state index contributed by atoms with van der Waals surface area (Å²) in [6, 6.07) is 14.1. The molecule has 0 spiro atoms. The number of benzene rings is 2. The molecule has 0 radical (unpaired) electrons. The molecule has 9 nitrogen and oxygen atoms in total. The number of hydrogen-bond donors (Lipinski definition) is 2. The van der Waals surface area contributed by atoms with E-state index in [-0.39, 0.29) is 22.3 Å². The monoisotopic (exact) mass is 573 g/mol. The second-order valence-electron chi connectivity index (χ2n) is 7.51. The Balaban J connectivity index is 1.86. The van der Waals surface area contributed by atoms with Gasteiger partial charge in [-0.15, -0.1) is 0 Å². The van der Waals surface area contributed by atoms with Crippen molar-refractivity contribution in [2.24, 2.45) is 5.92 Å². The fourth-order valence-corrected chi connectivity index (χ4v) is 5.10. The van der Waals surface area contributed by atoms with Gasteiger partial charge in [-0.25, -0.2) is 0 Å². The standard InChI is InChI=1S/C25H24BrN3O6S/c1-4-35-16-8-6-15(7-9-16)28-20(30)13-36-24-17(12-27)21(22(23(31)29-24)25(32)34-3)14-5-10-19(33-2)18(26)11-14/h5-11,21-22H,4,13H2,1-3H3,(H,28,30)(H,29,31)/t21-,22+/m1/s1. The zero-order valence-electron chi connectivity index (χ0n) is 19.8. The van der Waals surface area contributed by atoms with Crippen molar-refractivity contribution >= 4 is 51.2 Å². The number of esters is 1. The van der Waals surface area contributed by atoms with E-state index in [2.05, 4.69) is 32.6 Å². The Morgan fingerprint density at radius 3 is 2.50 bits per heavy atom. The molecule has 1 aliphatic rings. The summed E-state index contributed by atoms with van der Waals surface area (Å²) in [7, 11) is 2.70. The summed E-state index contributed by atoms with van der Waals surface area (Å²) in [5.74, 6) is -2.73. The lowest BCUT2D eigenvalue weighted by molar-refractivity contribution is -0.150. The van der Waals surface area contributed by atoms with E-state index >= 15 is 0 Å². The lowest BCUT2D eigenvalue weighted by Gasteiger charge is -2.31. The number of methoxy groups -OCH3 is 2. The minimum atomic E-state index is -1.27. The quantitative estimate of drug-likeness (QED) is 0.341. The normalized spacial score (nSPS) is 17.0. The number of anilines is 1. The number of allylic oxidation sites excluding steroid dienone is 1. The highest BCUT2D eigenvalue weighted by atomic mass is 79.9. The van der Waals surface area contributed by atoms with Crippen molar-refractivity contribution in [2.75, 3.05) is 31.9 Å². The van der Waals surface area contributed by atoms with Crippen molar-refractivity contribution < 1.29 is 28.6 Å². The van der Waals surface area contributed by atoms with Gasteiger partial charge < -0.3 is 24.8 Å². The third-order valence-corrected chi connectivity index (χ3v) is 6.95. The topological polar surface area (TPSA) is 127 Å². The zero-order valence-corrected chi connectivity index (χ0v) is 22.2. The molecule has 0 saturated heterocycles. The van der Waals surface area contributed by atoms with Crippen LogP contribution in [0.4, 0.5) is 5.69 Å². The van der Waals surface area contributed by atoms with Crippen LogP contribution in [0.2, 0.25) is 0 Å². The molecule has 2 aromatic carbocycles. The first-order valence-electron chi connectivity index (χ1n) is 10.8. The highest BCUT2D eigenvalue weighted by Crippen LogP contribution is 2.42. The summed E-state index contributed by atoms with van der Waals surface area (Å²) >= 11 is 4.41. The molecule has 0 unspecified atom stereocenters. The second-order valence-corrected chi connectivity index (χ2v) is 9.35. The van der Waals surface area contributed by atoms with Crippen molar-refractivity contribution in [2.45, 2.75) is 12.8 Å². The van der Waals surface area contributed by atoms with Crippen molar-refractivity contribution in [3.63, 3.8) is 0 Å². The lowest BCUT2D eigenvalue weighted by atomic mass is 9.78. The molecule has 0 bridgehead atoms. The molecule has 0 aliphatic carbocycles. The van der Waals surface area contributed by atoms with E-state index in [1.54, 1.807) is 42.5 Å². The van der Waals surface area contributed by atoms with Gasteiger partial charge in [-0.3, -0.25) is 14.4 Å². The minimum Gasteiger partial charge on any atom is -0.496 e. The van der Waals surface area contributed by atoms with Gasteiger partial charge in [0.25, 0.3) is 0 Å². The number of carbonyl (C=O) groups excluding carboxylic acids is 3. The number of nitrogens with zero attached hydrogens (tertiary/aromatic N) is 1. The van der Waals surface area contributed by atoms with Crippen molar-refractivity contribution in [3.8, 4) is 17.6 Å². The maximum absolute atomic E-state index is 13.0. The molecule has 1 aliphatic heterocycles. The van der Waals surface area contributed by atoms with Crippen LogP contribution in [0, 0.1) is 17.2 Å².